The van der Waals surface area contributed by atoms with Gasteiger partial charge >= 0.3 is 5.69 Å². The fourth-order valence-corrected chi connectivity index (χ4v) is 3.03. The first-order chi connectivity index (χ1) is 13.7. The number of rotatable bonds is 5. The van der Waals surface area contributed by atoms with Crippen LogP contribution in [0.15, 0.2) is 36.4 Å². The van der Waals surface area contributed by atoms with Gasteiger partial charge in [0.05, 0.1) is 27.1 Å². The second-order valence-corrected chi connectivity index (χ2v) is 6.54. The zero-order chi connectivity index (χ0) is 21.3. The number of hydrogen-bond acceptors (Lipinski definition) is 6. The molecule has 2 aromatic rings. The summed E-state index contributed by atoms with van der Waals surface area (Å²) >= 11 is 0. The van der Waals surface area contributed by atoms with Gasteiger partial charge < -0.3 is 10.2 Å². The summed E-state index contributed by atoms with van der Waals surface area (Å²) in [6.07, 6.45) is -0.148. The Morgan fingerprint density at radius 1 is 1.17 bits per heavy atom. The average Bonchev–Trinajstić information content (AvgIpc) is 3.05. The Morgan fingerprint density at radius 2 is 1.90 bits per heavy atom. The van der Waals surface area contributed by atoms with Crippen molar-refractivity contribution < 1.29 is 23.8 Å². The van der Waals surface area contributed by atoms with E-state index in [1.165, 1.54) is 29.2 Å². The number of amides is 2. The highest BCUT2D eigenvalue weighted by molar-refractivity contribution is 6.03. The van der Waals surface area contributed by atoms with Crippen molar-refractivity contribution in [3.05, 3.63) is 68.0 Å². The molecule has 1 atom stereocenters. The number of hydrogen-bond donors (Lipinski definition) is 1. The van der Waals surface area contributed by atoms with E-state index in [9.17, 15) is 34.2 Å². The zero-order valence-corrected chi connectivity index (χ0v) is 15.1. The predicted octanol–water partition coefficient (Wildman–Crippen LogP) is 2.94. The van der Waals surface area contributed by atoms with Gasteiger partial charge in [0.2, 0.25) is 17.6 Å². The van der Waals surface area contributed by atoms with Crippen LogP contribution in [-0.2, 0) is 9.59 Å². The standard InChI is InChI=1S/C18H15FN4O6/c1-10-2-3-13(22(26)27)7-15(10)20-18(25)11-6-17(24)21(9-11)12-4-5-14(19)16(8-12)23(28)29/h2-5,7-8,11H,6,9H2,1H3,(H,20,25). The third-order valence-corrected chi connectivity index (χ3v) is 4.62. The van der Waals surface area contributed by atoms with Crippen molar-refractivity contribution in [1.82, 2.24) is 0 Å². The number of nitro benzene ring substituents is 2. The van der Waals surface area contributed by atoms with Crippen LogP contribution in [0.3, 0.4) is 0 Å². The second kappa shape index (κ2) is 7.62. The van der Waals surface area contributed by atoms with Gasteiger partial charge in [-0.3, -0.25) is 29.8 Å². The Kier molecular flexibility index (Phi) is 5.22. The summed E-state index contributed by atoms with van der Waals surface area (Å²) in [6.45, 7) is 1.62. The number of carbonyl (C=O) groups is 2. The summed E-state index contributed by atoms with van der Waals surface area (Å²) < 4.78 is 13.5. The molecule has 1 N–H and O–H groups in total. The monoisotopic (exact) mass is 402 g/mol. The summed E-state index contributed by atoms with van der Waals surface area (Å²) in [5, 5.41) is 24.4. The van der Waals surface area contributed by atoms with Gasteiger partial charge in [-0.15, -0.1) is 0 Å². The molecular weight excluding hydrogens is 387 g/mol. The van der Waals surface area contributed by atoms with Gasteiger partial charge in [-0.25, -0.2) is 0 Å². The Bertz CT molecular complexity index is 1040. The van der Waals surface area contributed by atoms with Crippen molar-refractivity contribution in [2.75, 3.05) is 16.8 Å². The summed E-state index contributed by atoms with van der Waals surface area (Å²) in [5.74, 6) is -2.76. The van der Waals surface area contributed by atoms with Crippen LogP contribution in [0.2, 0.25) is 0 Å². The van der Waals surface area contributed by atoms with Crippen LogP contribution in [0.4, 0.5) is 27.1 Å². The fraction of sp³-hybridized carbons (Fsp3) is 0.222. The van der Waals surface area contributed by atoms with Crippen LogP contribution in [0.1, 0.15) is 12.0 Å². The normalized spacial score (nSPS) is 16.0. The van der Waals surface area contributed by atoms with E-state index < -0.39 is 39.1 Å². The maximum atomic E-state index is 13.5. The van der Waals surface area contributed by atoms with E-state index in [0.717, 1.165) is 12.1 Å². The van der Waals surface area contributed by atoms with Crippen LogP contribution in [-0.4, -0.2) is 28.2 Å². The van der Waals surface area contributed by atoms with Gasteiger partial charge in [0, 0.05) is 31.2 Å². The molecule has 150 valence electrons. The SMILES string of the molecule is Cc1ccc([N+](=O)[O-])cc1NC(=O)C1CC(=O)N(c2ccc(F)c([N+](=O)[O-])c2)C1. The van der Waals surface area contributed by atoms with Gasteiger partial charge in [0.1, 0.15) is 0 Å². The van der Waals surface area contributed by atoms with Gasteiger partial charge in [-0.05, 0) is 24.6 Å². The van der Waals surface area contributed by atoms with Crippen LogP contribution < -0.4 is 10.2 Å². The van der Waals surface area contributed by atoms with Gasteiger partial charge in [-0.2, -0.15) is 4.39 Å². The molecule has 1 saturated heterocycles. The quantitative estimate of drug-likeness (QED) is 0.603. The van der Waals surface area contributed by atoms with Crippen molar-refractivity contribution in [1.29, 1.82) is 0 Å². The Balaban J connectivity index is 1.78. The summed E-state index contributed by atoms with van der Waals surface area (Å²) in [4.78, 5) is 46.4. The molecule has 0 saturated carbocycles. The number of nitro groups is 2. The number of benzene rings is 2. The molecule has 2 aromatic carbocycles. The fourth-order valence-electron chi connectivity index (χ4n) is 3.03. The molecule has 10 nitrogen and oxygen atoms in total. The molecule has 3 rings (SSSR count). The number of halogens is 1. The summed E-state index contributed by atoms with van der Waals surface area (Å²) in [7, 11) is 0. The minimum atomic E-state index is -1.03. The van der Waals surface area contributed by atoms with Crippen LogP contribution in [0.25, 0.3) is 0 Å². The molecule has 1 heterocycles. The van der Waals surface area contributed by atoms with Crippen molar-refractivity contribution >= 4 is 34.6 Å². The third-order valence-electron chi connectivity index (χ3n) is 4.62. The predicted molar refractivity (Wildman–Crippen MR) is 100.0 cm³/mol. The number of non-ortho nitro benzene ring substituents is 1. The topological polar surface area (TPSA) is 136 Å². The van der Waals surface area contributed by atoms with Gasteiger partial charge in [-0.1, -0.05) is 6.07 Å². The minimum Gasteiger partial charge on any atom is -0.325 e. The lowest BCUT2D eigenvalue weighted by Crippen LogP contribution is -2.28. The maximum Gasteiger partial charge on any atom is 0.306 e. The number of nitrogens with zero attached hydrogens (tertiary/aromatic N) is 3. The van der Waals surface area contributed by atoms with Gasteiger partial charge in [0.25, 0.3) is 5.69 Å². The molecule has 0 radical (unpaired) electrons. The average molecular weight is 402 g/mol. The van der Waals surface area contributed by atoms with E-state index in [1.807, 2.05) is 0 Å². The molecule has 0 spiro atoms. The van der Waals surface area contributed by atoms with Crippen LogP contribution >= 0.6 is 0 Å². The maximum absolute atomic E-state index is 13.5. The number of carbonyl (C=O) groups excluding carboxylic acids is 2. The molecule has 0 aliphatic carbocycles. The lowest BCUT2D eigenvalue weighted by Gasteiger charge is -2.17. The van der Waals surface area contributed by atoms with E-state index in [4.69, 9.17) is 0 Å². The van der Waals surface area contributed by atoms with E-state index in [2.05, 4.69) is 5.32 Å². The van der Waals surface area contributed by atoms with E-state index in [-0.39, 0.29) is 30.0 Å². The molecule has 0 bridgehead atoms. The minimum absolute atomic E-state index is 0.0541. The summed E-state index contributed by atoms with van der Waals surface area (Å²) in [6, 6.07) is 7.10. The largest absolute Gasteiger partial charge is 0.325 e. The first kappa shape index (κ1) is 19.9. The summed E-state index contributed by atoms with van der Waals surface area (Å²) in [5.41, 5.74) is 0.0285. The van der Waals surface area contributed by atoms with Crippen molar-refractivity contribution in [2.24, 2.45) is 5.92 Å². The Hall–Kier alpha value is -3.89. The molecule has 1 aliphatic heterocycles. The lowest BCUT2D eigenvalue weighted by atomic mass is 10.1. The van der Waals surface area contributed by atoms with E-state index >= 15 is 0 Å². The Morgan fingerprint density at radius 3 is 2.55 bits per heavy atom. The highest BCUT2D eigenvalue weighted by Crippen LogP contribution is 2.30. The molecule has 0 aromatic heterocycles. The van der Waals surface area contributed by atoms with Crippen LogP contribution in [0, 0.1) is 38.9 Å². The molecule has 1 unspecified atom stereocenters. The molecule has 1 fully saturated rings. The molecular formula is C18H15FN4O6. The van der Waals surface area contributed by atoms with E-state index in [1.54, 1.807) is 6.92 Å². The smallest absolute Gasteiger partial charge is 0.306 e. The Labute approximate surface area is 163 Å². The van der Waals surface area contributed by atoms with E-state index in [0.29, 0.717) is 5.56 Å². The van der Waals surface area contributed by atoms with Gasteiger partial charge in [0.15, 0.2) is 0 Å². The van der Waals surface area contributed by atoms with Crippen molar-refractivity contribution in [2.45, 2.75) is 13.3 Å². The molecule has 1 aliphatic rings. The highest BCUT2D eigenvalue weighted by atomic mass is 19.1. The van der Waals surface area contributed by atoms with Crippen LogP contribution in [0.5, 0.6) is 0 Å². The van der Waals surface area contributed by atoms with Crippen molar-refractivity contribution in [3.8, 4) is 0 Å². The van der Waals surface area contributed by atoms with Crippen molar-refractivity contribution in [3.63, 3.8) is 0 Å². The zero-order valence-electron chi connectivity index (χ0n) is 15.1. The number of anilines is 2. The first-order valence-electron chi connectivity index (χ1n) is 8.47. The number of aryl methyl sites for hydroxylation is 1. The lowest BCUT2D eigenvalue weighted by molar-refractivity contribution is -0.387. The second-order valence-electron chi connectivity index (χ2n) is 6.54. The third kappa shape index (κ3) is 4.03. The number of nitrogens with one attached hydrogen (secondary N) is 1. The first-order valence-corrected chi connectivity index (χ1v) is 8.47. The molecule has 29 heavy (non-hydrogen) atoms. The molecule has 11 heteroatoms. The molecule has 2 amide bonds. The highest BCUT2D eigenvalue weighted by Gasteiger charge is 2.36.